The fraction of sp³-hybridized carbons (Fsp3) is 0.533. The fourth-order valence-electron chi connectivity index (χ4n) is 1.86. The maximum atomic E-state index is 11.1. The van der Waals surface area contributed by atoms with Crippen molar-refractivity contribution in [3.8, 4) is 5.75 Å². The van der Waals surface area contributed by atoms with Gasteiger partial charge >= 0.3 is 5.97 Å². The first-order valence-electron chi connectivity index (χ1n) is 6.91. The van der Waals surface area contributed by atoms with Crippen LogP contribution in [0.15, 0.2) is 22.7 Å². The van der Waals surface area contributed by atoms with Gasteiger partial charge in [-0.1, -0.05) is 26.3 Å². The molecule has 0 aliphatic heterocycles. The highest BCUT2D eigenvalue weighted by molar-refractivity contribution is 9.10. The van der Waals surface area contributed by atoms with Gasteiger partial charge in [0.1, 0.15) is 5.75 Å². The Balaban J connectivity index is 2.79. The number of carboxylic acid groups (broad SMARTS) is 1. The number of aliphatic carboxylic acids is 1. The molecule has 0 heterocycles. The van der Waals surface area contributed by atoms with E-state index in [1.807, 2.05) is 19.1 Å². The Labute approximate surface area is 128 Å². The average molecular weight is 344 g/mol. The Morgan fingerprint density at radius 1 is 1.45 bits per heavy atom. The van der Waals surface area contributed by atoms with E-state index in [0.717, 1.165) is 29.3 Å². The molecule has 0 aliphatic carbocycles. The number of carbonyl (C=O) groups is 1. The second-order valence-corrected chi connectivity index (χ2v) is 5.72. The van der Waals surface area contributed by atoms with Crippen molar-refractivity contribution in [2.45, 2.75) is 51.7 Å². The molecule has 112 valence electrons. The minimum atomic E-state index is -0.934. The number of carboxylic acids is 1. The Hall–Kier alpha value is -1.07. The van der Waals surface area contributed by atoms with E-state index in [0.29, 0.717) is 12.2 Å². The largest absolute Gasteiger partial charge is 0.479 e. The Kier molecular flexibility index (Phi) is 7.02. The minimum Gasteiger partial charge on any atom is -0.479 e. The molecule has 20 heavy (non-hydrogen) atoms. The first-order chi connectivity index (χ1) is 9.47. The van der Waals surface area contributed by atoms with Crippen LogP contribution in [0.25, 0.3) is 0 Å². The summed E-state index contributed by atoms with van der Waals surface area (Å²) in [6.07, 6.45) is 2.17. The maximum Gasteiger partial charge on any atom is 0.344 e. The van der Waals surface area contributed by atoms with Gasteiger partial charge in [-0.15, -0.1) is 0 Å². The first kappa shape index (κ1) is 17.0. The van der Waals surface area contributed by atoms with Crippen molar-refractivity contribution in [2.75, 3.05) is 0 Å². The summed E-state index contributed by atoms with van der Waals surface area (Å²) in [6, 6.07) is 5.81. The third-order valence-corrected chi connectivity index (χ3v) is 3.73. The SMILES string of the molecule is CCCC(Oc1ccc(CC(N)CC)cc1Br)C(=O)O. The highest BCUT2D eigenvalue weighted by atomic mass is 79.9. The molecule has 0 fully saturated rings. The lowest BCUT2D eigenvalue weighted by molar-refractivity contribution is -0.145. The van der Waals surface area contributed by atoms with E-state index in [9.17, 15) is 4.79 Å². The van der Waals surface area contributed by atoms with Gasteiger partial charge < -0.3 is 15.6 Å². The molecule has 2 unspecified atom stereocenters. The summed E-state index contributed by atoms with van der Waals surface area (Å²) in [5, 5.41) is 9.11. The summed E-state index contributed by atoms with van der Waals surface area (Å²) >= 11 is 3.43. The molecule has 1 aromatic rings. The molecule has 1 aromatic carbocycles. The molecule has 0 spiro atoms. The van der Waals surface area contributed by atoms with Crippen LogP contribution in [-0.4, -0.2) is 23.2 Å². The zero-order valence-electron chi connectivity index (χ0n) is 11.9. The standard InChI is InChI=1S/C15H22BrNO3/c1-3-5-14(15(18)19)20-13-7-6-10(9-12(13)16)8-11(17)4-2/h6-7,9,11,14H,3-5,8,17H2,1-2H3,(H,18,19). The van der Waals surface area contributed by atoms with Gasteiger partial charge in [0.2, 0.25) is 0 Å². The summed E-state index contributed by atoms with van der Waals surface area (Å²) in [4.78, 5) is 11.1. The Morgan fingerprint density at radius 2 is 2.15 bits per heavy atom. The lowest BCUT2D eigenvalue weighted by atomic mass is 10.0. The molecule has 0 aromatic heterocycles. The second-order valence-electron chi connectivity index (χ2n) is 4.87. The smallest absolute Gasteiger partial charge is 0.344 e. The van der Waals surface area contributed by atoms with Crippen molar-refractivity contribution in [1.29, 1.82) is 0 Å². The van der Waals surface area contributed by atoms with Crippen LogP contribution >= 0.6 is 15.9 Å². The van der Waals surface area contributed by atoms with Crippen LogP contribution in [0.1, 0.15) is 38.7 Å². The number of ether oxygens (including phenoxy) is 1. The van der Waals surface area contributed by atoms with Gasteiger partial charge in [-0.3, -0.25) is 0 Å². The Morgan fingerprint density at radius 3 is 2.65 bits per heavy atom. The summed E-state index contributed by atoms with van der Waals surface area (Å²) in [7, 11) is 0. The summed E-state index contributed by atoms with van der Waals surface area (Å²) in [5.41, 5.74) is 7.04. The van der Waals surface area contributed by atoms with Crippen molar-refractivity contribution in [2.24, 2.45) is 5.73 Å². The minimum absolute atomic E-state index is 0.139. The summed E-state index contributed by atoms with van der Waals surface area (Å²) in [6.45, 7) is 3.99. The topological polar surface area (TPSA) is 72.5 Å². The number of halogens is 1. The number of rotatable bonds is 8. The van der Waals surface area contributed by atoms with Gasteiger partial charge in [0.15, 0.2) is 6.10 Å². The van der Waals surface area contributed by atoms with E-state index in [1.165, 1.54) is 0 Å². The third kappa shape index (κ3) is 5.13. The molecule has 5 heteroatoms. The molecule has 0 radical (unpaired) electrons. The molecule has 2 atom stereocenters. The first-order valence-corrected chi connectivity index (χ1v) is 7.70. The molecule has 0 saturated heterocycles. The van der Waals surface area contributed by atoms with Gasteiger partial charge in [0, 0.05) is 6.04 Å². The molecular weight excluding hydrogens is 322 g/mol. The van der Waals surface area contributed by atoms with Crippen molar-refractivity contribution in [3.05, 3.63) is 28.2 Å². The maximum absolute atomic E-state index is 11.1. The van der Waals surface area contributed by atoms with E-state index in [1.54, 1.807) is 6.07 Å². The molecule has 0 aliphatic rings. The summed E-state index contributed by atoms with van der Waals surface area (Å²) < 4.78 is 6.32. The van der Waals surface area contributed by atoms with Crippen molar-refractivity contribution in [3.63, 3.8) is 0 Å². The van der Waals surface area contributed by atoms with Crippen LogP contribution in [0.3, 0.4) is 0 Å². The highest BCUT2D eigenvalue weighted by Gasteiger charge is 2.19. The van der Waals surface area contributed by atoms with E-state index in [2.05, 4.69) is 22.9 Å². The highest BCUT2D eigenvalue weighted by Crippen LogP contribution is 2.28. The number of hydrogen-bond donors (Lipinski definition) is 2. The molecule has 1 rings (SSSR count). The molecular formula is C15H22BrNO3. The van der Waals surface area contributed by atoms with Crippen LogP contribution in [-0.2, 0) is 11.2 Å². The zero-order chi connectivity index (χ0) is 15.1. The fourth-order valence-corrected chi connectivity index (χ4v) is 2.38. The van der Waals surface area contributed by atoms with E-state index in [-0.39, 0.29) is 6.04 Å². The third-order valence-electron chi connectivity index (χ3n) is 3.11. The monoisotopic (exact) mass is 343 g/mol. The molecule has 0 saturated carbocycles. The van der Waals surface area contributed by atoms with Gasteiger partial charge in [-0.05, 0) is 52.9 Å². The number of hydrogen-bond acceptors (Lipinski definition) is 3. The van der Waals surface area contributed by atoms with Crippen molar-refractivity contribution >= 4 is 21.9 Å². The summed E-state index contributed by atoms with van der Waals surface area (Å²) in [5.74, 6) is -0.379. The van der Waals surface area contributed by atoms with Crippen LogP contribution in [0, 0.1) is 0 Å². The Bertz CT molecular complexity index is 451. The second kappa shape index (κ2) is 8.27. The molecule has 0 amide bonds. The number of nitrogens with two attached hydrogens (primary N) is 1. The zero-order valence-corrected chi connectivity index (χ0v) is 13.5. The van der Waals surface area contributed by atoms with E-state index in [4.69, 9.17) is 15.6 Å². The molecule has 0 bridgehead atoms. The van der Waals surface area contributed by atoms with Crippen LogP contribution in [0.2, 0.25) is 0 Å². The van der Waals surface area contributed by atoms with Crippen LogP contribution < -0.4 is 10.5 Å². The molecule has 4 nitrogen and oxygen atoms in total. The quantitative estimate of drug-likeness (QED) is 0.758. The van der Waals surface area contributed by atoms with Crippen molar-refractivity contribution < 1.29 is 14.6 Å². The normalized spacial score (nSPS) is 13.8. The lowest BCUT2D eigenvalue weighted by Crippen LogP contribution is -2.26. The van der Waals surface area contributed by atoms with Crippen molar-refractivity contribution in [1.82, 2.24) is 0 Å². The van der Waals surface area contributed by atoms with Gasteiger partial charge in [0.05, 0.1) is 4.47 Å². The average Bonchev–Trinajstić information content (AvgIpc) is 2.40. The van der Waals surface area contributed by atoms with Crippen LogP contribution in [0.5, 0.6) is 5.75 Å². The predicted molar refractivity (Wildman–Crippen MR) is 83.1 cm³/mol. The van der Waals surface area contributed by atoms with Gasteiger partial charge in [-0.2, -0.15) is 0 Å². The van der Waals surface area contributed by atoms with E-state index < -0.39 is 12.1 Å². The molecule has 3 N–H and O–H groups in total. The van der Waals surface area contributed by atoms with Gasteiger partial charge in [0.25, 0.3) is 0 Å². The predicted octanol–water partition coefficient (Wildman–Crippen LogP) is 3.36. The lowest BCUT2D eigenvalue weighted by Gasteiger charge is -2.16. The van der Waals surface area contributed by atoms with Gasteiger partial charge in [-0.25, -0.2) is 4.79 Å². The number of benzene rings is 1. The van der Waals surface area contributed by atoms with E-state index >= 15 is 0 Å². The van der Waals surface area contributed by atoms with Crippen LogP contribution in [0.4, 0.5) is 0 Å².